The van der Waals surface area contributed by atoms with Gasteiger partial charge in [0.15, 0.2) is 5.78 Å². The number of thioether (sulfide) groups is 1. The molecular weight excluding hydrogens is 268 g/mol. The van der Waals surface area contributed by atoms with Crippen molar-refractivity contribution in [2.75, 3.05) is 5.75 Å². The lowest BCUT2D eigenvalue weighted by Gasteiger charge is -2.12. The van der Waals surface area contributed by atoms with Gasteiger partial charge >= 0.3 is 5.97 Å². The zero-order chi connectivity index (χ0) is 14.4. The zero-order valence-electron chi connectivity index (χ0n) is 10.5. The van der Waals surface area contributed by atoms with Crippen LogP contribution in [-0.4, -0.2) is 39.5 Å². The minimum Gasteiger partial charge on any atom is -0.480 e. The molecule has 0 saturated heterocycles. The Labute approximate surface area is 114 Å². The molecule has 0 aliphatic rings. The molecule has 0 saturated carbocycles. The van der Waals surface area contributed by atoms with Gasteiger partial charge in [-0.2, -0.15) is 0 Å². The van der Waals surface area contributed by atoms with E-state index < -0.39 is 17.9 Å². The fraction of sp³-hybridized carbons (Fsp3) is 0.333. The van der Waals surface area contributed by atoms with Gasteiger partial charge in [0, 0.05) is 30.7 Å². The maximum Gasteiger partial charge on any atom is 0.327 e. The molecule has 6 nitrogen and oxygen atoms in total. The van der Waals surface area contributed by atoms with Gasteiger partial charge in [0.25, 0.3) is 0 Å². The number of hydrogen-bond donors (Lipinski definition) is 2. The molecule has 1 unspecified atom stereocenters. The number of Topliss-reactive ketones (excluding diaryl/α,β-unsaturated/α-hetero) is 1. The lowest BCUT2D eigenvalue weighted by molar-refractivity contribution is -0.140. The number of ketones is 1. The fourth-order valence-corrected chi connectivity index (χ4v) is 2.15. The van der Waals surface area contributed by atoms with Crippen molar-refractivity contribution in [3.63, 3.8) is 0 Å². The molecule has 7 heteroatoms. The van der Waals surface area contributed by atoms with E-state index in [9.17, 15) is 14.4 Å². The van der Waals surface area contributed by atoms with E-state index in [1.54, 1.807) is 12.1 Å². The van der Waals surface area contributed by atoms with E-state index >= 15 is 0 Å². The van der Waals surface area contributed by atoms with Crippen LogP contribution in [0.4, 0.5) is 0 Å². The predicted molar refractivity (Wildman–Crippen MR) is 70.2 cm³/mol. The lowest BCUT2D eigenvalue weighted by atomic mass is 10.3. The first kappa shape index (κ1) is 15.2. The third kappa shape index (κ3) is 5.09. The van der Waals surface area contributed by atoms with Crippen molar-refractivity contribution in [3.8, 4) is 0 Å². The van der Waals surface area contributed by atoms with Crippen molar-refractivity contribution in [2.45, 2.75) is 24.8 Å². The van der Waals surface area contributed by atoms with Crippen molar-refractivity contribution >= 4 is 29.4 Å². The van der Waals surface area contributed by atoms with Gasteiger partial charge in [0.2, 0.25) is 5.91 Å². The minimum atomic E-state index is -1.09. The van der Waals surface area contributed by atoms with E-state index in [1.165, 1.54) is 31.8 Å². The average Bonchev–Trinajstić information content (AvgIpc) is 2.34. The number of nitrogens with one attached hydrogen (secondary N) is 1. The highest BCUT2D eigenvalue weighted by Crippen LogP contribution is 2.18. The van der Waals surface area contributed by atoms with Gasteiger partial charge < -0.3 is 10.4 Å². The second-order valence-corrected chi connectivity index (χ2v) is 4.93. The molecule has 0 aliphatic heterocycles. The summed E-state index contributed by atoms with van der Waals surface area (Å²) >= 11 is 1.25. The van der Waals surface area contributed by atoms with Crippen molar-refractivity contribution in [2.24, 2.45) is 0 Å². The number of carboxylic acid groups (broad SMARTS) is 1. The van der Waals surface area contributed by atoms with Gasteiger partial charge in [0.05, 0.1) is 0 Å². The number of hydrogen-bond acceptors (Lipinski definition) is 5. The minimum absolute atomic E-state index is 0.127. The van der Waals surface area contributed by atoms with Crippen LogP contribution in [0.1, 0.15) is 24.3 Å². The first-order chi connectivity index (χ1) is 8.90. The molecule has 2 N–H and O–H groups in total. The smallest absolute Gasteiger partial charge is 0.327 e. The van der Waals surface area contributed by atoms with Crippen molar-refractivity contribution in [3.05, 3.63) is 24.0 Å². The number of pyridine rings is 1. The van der Waals surface area contributed by atoms with Gasteiger partial charge in [-0.15, -0.1) is 11.8 Å². The molecule has 1 atom stereocenters. The Hall–Kier alpha value is -1.89. The topological polar surface area (TPSA) is 96.4 Å². The summed E-state index contributed by atoms with van der Waals surface area (Å²) in [6.07, 6.45) is 1.51. The summed E-state index contributed by atoms with van der Waals surface area (Å²) in [7, 11) is 0. The van der Waals surface area contributed by atoms with Crippen LogP contribution >= 0.6 is 11.8 Å². The largest absolute Gasteiger partial charge is 0.480 e. The molecule has 19 heavy (non-hydrogen) atoms. The number of carbonyl (C=O) groups excluding carboxylic acids is 2. The van der Waals surface area contributed by atoms with Crippen molar-refractivity contribution < 1.29 is 19.5 Å². The molecule has 1 amide bonds. The molecule has 102 valence electrons. The maximum absolute atomic E-state index is 11.0. The van der Waals surface area contributed by atoms with Crippen LogP contribution in [0.3, 0.4) is 0 Å². The highest BCUT2D eigenvalue weighted by molar-refractivity contribution is 7.99. The number of carboxylic acids is 1. The second kappa shape index (κ2) is 6.89. The van der Waals surface area contributed by atoms with E-state index in [0.717, 1.165) is 4.90 Å². The van der Waals surface area contributed by atoms with E-state index in [2.05, 4.69) is 10.3 Å². The van der Waals surface area contributed by atoms with Crippen molar-refractivity contribution in [1.82, 2.24) is 10.3 Å². The number of amides is 1. The quantitative estimate of drug-likeness (QED) is 0.596. The fourth-order valence-electron chi connectivity index (χ4n) is 1.27. The van der Waals surface area contributed by atoms with Crippen molar-refractivity contribution in [1.29, 1.82) is 0 Å². The molecule has 0 spiro atoms. The summed E-state index contributed by atoms with van der Waals surface area (Å²) in [5.74, 6) is -1.41. The lowest BCUT2D eigenvalue weighted by Crippen LogP contribution is -2.41. The third-order valence-electron chi connectivity index (χ3n) is 2.19. The van der Waals surface area contributed by atoms with Crippen LogP contribution in [0.15, 0.2) is 23.2 Å². The third-order valence-corrected chi connectivity index (χ3v) is 3.26. The number of nitrogens with zero attached hydrogens (tertiary/aromatic N) is 1. The van der Waals surface area contributed by atoms with Gasteiger partial charge in [-0.1, -0.05) is 0 Å². The van der Waals surface area contributed by atoms with E-state index in [0.29, 0.717) is 5.69 Å². The summed E-state index contributed by atoms with van der Waals surface area (Å²) in [4.78, 5) is 37.5. The van der Waals surface area contributed by atoms with Gasteiger partial charge in [-0.05, 0) is 12.1 Å². The molecule has 0 fully saturated rings. The molecule has 0 aromatic carbocycles. The SMILES string of the molecule is CC(=O)NC(CSc1ccc(C(C)=O)nc1)C(=O)O. The zero-order valence-corrected chi connectivity index (χ0v) is 11.4. The monoisotopic (exact) mass is 282 g/mol. The van der Waals surface area contributed by atoms with Crippen LogP contribution in [0.2, 0.25) is 0 Å². The number of aromatic nitrogens is 1. The molecule has 1 heterocycles. The van der Waals surface area contributed by atoms with Crippen LogP contribution < -0.4 is 5.32 Å². The Balaban J connectivity index is 2.61. The van der Waals surface area contributed by atoms with E-state index in [1.807, 2.05) is 0 Å². The molecule has 0 bridgehead atoms. The summed E-state index contributed by atoms with van der Waals surface area (Å²) in [6.45, 7) is 2.69. The van der Waals surface area contributed by atoms with Gasteiger partial charge in [0.1, 0.15) is 11.7 Å². The van der Waals surface area contributed by atoms with Gasteiger partial charge in [-0.3, -0.25) is 14.6 Å². The molecule has 0 aliphatic carbocycles. The predicted octanol–water partition coefficient (Wildman–Crippen LogP) is 0.966. The average molecular weight is 282 g/mol. The molecule has 0 radical (unpaired) electrons. The van der Waals surface area contributed by atoms with Crippen LogP contribution in [0.25, 0.3) is 0 Å². The Bertz CT molecular complexity index is 487. The Morgan fingerprint density at radius 2 is 2.05 bits per heavy atom. The highest BCUT2D eigenvalue weighted by Gasteiger charge is 2.18. The van der Waals surface area contributed by atoms with E-state index in [-0.39, 0.29) is 11.5 Å². The molecular formula is C12H14N2O4S. The van der Waals surface area contributed by atoms with Crippen LogP contribution in [0.5, 0.6) is 0 Å². The first-order valence-electron chi connectivity index (χ1n) is 5.50. The molecule has 1 rings (SSSR count). The Kier molecular flexibility index (Phi) is 5.50. The first-order valence-corrected chi connectivity index (χ1v) is 6.48. The number of aliphatic carboxylic acids is 1. The maximum atomic E-state index is 11.0. The molecule has 1 aromatic heterocycles. The van der Waals surface area contributed by atoms with E-state index in [4.69, 9.17) is 5.11 Å². The summed E-state index contributed by atoms with van der Waals surface area (Å²) in [5.41, 5.74) is 0.362. The van der Waals surface area contributed by atoms with Crippen LogP contribution in [0, 0.1) is 0 Å². The Morgan fingerprint density at radius 1 is 1.37 bits per heavy atom. The van der Waals surface area contributed by atoms with Gasteiger partial charge in [-0.25, -0.2) is 4.79 Å². The standard InChI is InChI=1S/C12H14N2O4S/c1-7(15)10-4-3-9(5-13-10)19-6-11(12(17)18)14-8(2)16/h3-5,11H,6H2,1-2H3,(H,14,16)(H,17,18). The summed E-state index contributed by atoms with van der Waals surface area (Å²) < 4.78 is 0. The normalized spacial score (nSPS) is 11.7. The highest BCUT2D eigenvalue weighted by atomic mass is 32.2. The summed E-state index contributed by atoms with van der Waals surface area (Å²) in [5, 5.41) is 11.3. The van der Waals surface area contributed by atoms with Crippen LogP contribution in [-0.2, 0) is 9.59 Å². The number of carbonyl (C=O) groups is 3. The summed E-state index contributed by atoms with van der Waals surface area (Å²) in [6, 6.07) is 2.33. The Morgan fingerprint density at radius 3 is 2.47 bits per heavy atom. The molecule has 1 aromatic rings. The second-order valence-electron chi connectivity index (χ2n) is 3.84. The number of rotatable bonds is 6.